The van der Waals surface area contributed by atoms with Gasteiger partial charge in [0.15, 0.2) is 5.16 Å². The molecule has 0 fully saturated rings. The number of benzene rings is 1. The van der Waals surface area contributed by atoms with E-state index >= 15 is 0 Å². The van der Waals surface area contributed by atoms with Crippen LogP contribution in [-0.2, 0) is 0 Å². The van der Waals surface area contributed by atoms with Gasteiger partial charge < -0.3 is 0 Å². The number of amides is 1. The highest BCUT2D eigenvalue weighted by molar-refractivity contribution is 7.98. The van der Waals surface area contributed by atoms with Crippen LogP contribution in [0.15, 0.2) is 47.8 Å². The molecule has 8 heteroatoms. The molecular weight excluding hydrogens is 336 g/mol. The maximum atomic E-state index is 12.6. The zero-order valence-corrected chi connectivity index (χ0v) is 15.0. The third kappa shape index (κ3) is 3.80. The number of nitrogens with zero attached hydrogens (tertiary/aromatic N) is 4. The summed E-state index contributed by atoms with van der Waals surface area (Å²) < 4.78 is 1.81. The van der Waals surface area contributed by atoms with E-state index in [2.05, 4.69) is 25.8 Å². The molecule has 0 spiro atoms. The predicted octanol–water partition coefficient (Wildman–Crippen LogP) is 2.76. The molecule has 1 amide bonds. The van der Waals surface area contributed by atoms with Gasteiger partial charge in [-0.1, -0.05) is 30.0 Å². The minimum Gasteiger partial charge on any atom is -0.283 e. The normalized spacial score (nSPS) is 10.5. The first-order valence-corrected chi connectivity index (χ1v) is 8.87. The molecular formula is C17H18N6OS. The van der Waals surface area contributed by atoms with Crippen molar-refractivity contribution < 1.29 is 4.79 Å². The molecule has 2 aromatic heterocycles. The van der Waals surface area contributed by atoms with Crippen molar-refractivity contribution in [3.05, 3.63) is 59.7 Å². The van der Waals surface area contributed by atoms with E-state index in [4.69, 9.17) is 0 Å². The maximum absolute atomic E-state index is 12.6. The summed E-state index contributed by atoms with van der Waals surface area (Å²) in [7, 11) is 0. The van der Waals surface area contributed by atoms with Crippen LogP contribution in [0.4, 0.5) is 5.95 Å². The van der Waals surface area contributed by atoms with Crippen LogP contribution in [-0.4, -0.2) is 31.7 Å². The fraction of sp³-hybridized carbons (Fsp3) is 0.176. The van der Waals surface area contributed by atoms with Crippen molar-refractivity contribution in [2.24, 2.45) is 0 Å². The number of thioether (sulfide) groups is 1. The Hall–Kier alpha value is -2.87. The monoisotopic (exact) mass is 354 g/mol. The van der Waals surface area contributed by atoms with Gasteiger partial charge in [0.2, 0.25) is 5.95 Å². The Bertz CT molecular complexity index is 873. The smallest absolute Gasteiger partial charge is 0.283 e. The number of aromatic nitrogens is 4. The number of rotatable bonds is 5. The molecule has 0 aliphatic carbocycles. The van der Waals surface area contributed by atoms with Crippen molar-refractivity contribution in [1.29, 1.82) is 0 Å². The van der Waals surface area contributed by atoms with Gasteiger partial charge in [-0.15, -0.1) is 0 Å². The molecule has 0 saturated carbocycles. The van der Waals surface area contributed by atoms with Gasteiger partial charge >= 0.3 is 0 Å². The first-order chi connectivity index (χ1) is 12.1. The highest BCUT2D eigenvalue weighted by Gasteiger charge is 2.17. The highest BCUT2D eigenvalue weighted by atomic mass is 32.2. The molecule has 3 aromatic rings. The Morgan fingerprint density at radius 2 is 1.80 bits per heavy atom. The molecule has 0 atom stereocenters. The van der Waals surface area contributed by atoms with Crippen molar-refractivity contribution in [2.75, 3.05) is 11.7 Å². The summed E-state index contributed by atoms with van der Waals surface area (Å²) in [5, 5.41) is 0.735. The van der Waals surface area contributed by atoms with Gasteiger partial charge in [0.05, 0.1) is 6.20 Å². The molecule has 0 aliphatic rings. The predicted molar refractivity (Wildman–Crippen MR) is 97.9 cm³/mol. The van der Waals surface area contributed by atoms with E-state index in [0.29, 0.717) is 11.6 Å². The van der Waals surface area contributed by atoms with Gasteiger partial charge in [-0.3, -0.25) is 20.2 Å². The molecule has 25 heavy (non-hydrogen) atoms. The lowest BCUT2D eigenvalue weighted by atomic mass is 10.3. The molecule has 3 rings (SSSR count). The van der Waals surface area contributed by atoms with E-state index < -0.39 is 0 Å². The summed E-state index contributed by atoms with van der Waals surface area (Å²) in [4.78, 5) is 25.4. The van der Waals surface area contributed by atoms with Gasteiger partial charge in [0.25, 0.3) is 5.91 Å². The molecule has 0 radical (unpaired) electrons. The molecule has 128 valence electrons. The summed E-state index contributed by atoms with van der Waals surface area (Å²) in [5.41, 5.74) is 8.33. The number of carbonyl (C=O) groups is 1. The van der Waals surface area contributed by atoms with Crippen molar-refractivity contribution >= 4 is 23.6 Å². The first-order valence-electron chi connectivity index (χ1n) is 7.64. The molecule has 0 unspecified atom stereocenters. The molecule has 0 aliphatic heterocycles. The molecule has 1 aromatic carbocycles. The summed E-state index contributed by atoms with van der Waals surface area (Å²) >= 11 is 1.47. The number of aryl methyl sites for hydroxylation is 2. The largest absolute Gasteiger partial charge is 0.288 e. The van der Waals surface area contributed by atoms with Crippen LogP contribution in [0.2, 0.25) is 0 Å². The zero-order chi connectivity index (χ0) is 17.8. The Morgan fingerprint density at radius 3 is 2.44 bits per heavy atom. The number of imidazole rings is 1. The minimum absolute atomic E-state index is 0.320. The average molecular weight is 354 g/mol. The number of nitrogens with one attached hydrogen (secondary N) is 2. The lowest BCUT2D eigenvalue weighted by molar-refractivity contribution is 0.0955. The van der Waals surface area contributed by atoms with E-state index in [1.807, 2.05) is 61.1 Å². The fourth-order valence-corrected chi connectivity index (χ4v) is 2.97. The number of hydrazine groups is 1. The van der Waals surface area contributed by atoms with Crippen molar-refractivity contribution in [3.63, 3.8) is 0 Å². The summed E-state index contributed by atoms with van der Waals surface area (Å²) in [6.07, 6.45) is 3.48. The highest BCUT2D eigenvalue weighted by Crippen LogP contribution is 2.21. The standard InChI is InChI=1S/C17H18N6OS/c1-11-9-12(2)20-16(19-11)22-21-15(24)14-10-18-17(25-3)23(14)13-7-5-4-6-8-13/h4-10H,1-3H3,(H,21,24)(H,19,20,22). The van der Waals surface area contributed by atoms with E-state index in [9.17, 15) is 4.79 Å². The lowest BCUT2D eigenvalue weighted by Crippen LogP contribution is -2.32. The van der Waals surface area contributed by atoms with E-state index in [0.717, 1.165) is 22.2 Å². The second-order valence-electron chi connectivity index (χ2n) is 5.35. The average Bonchev–Trinajstić information content (AvgIpc) is 3.04. The number of para-hydroxylation sites is 1. The number of anilines is 1. The Kier molecular flexibility index (Phi) is 4.99. The number of carbonyl (C=O) groups excluding carboxylic acids is 1. The van der Waals surface area contributed by atoms with Gasteiger partial charge in [0, 0.05) is 17.1 Å². The second kappa shape index (κ2) is 7.35. The second-order valence-corrected chi connectivity index (χ2v) is 6.13. The third-order valence-electron chi connectivity index (χ3n) is 3.43. The third-order valence-corrected chi connectivity index (χ3v) is 4.08. The lowest BCUT2D eigenvalue weighted by Gasteiger charge is -2.12. The van der Waals surface area contributed by atoms with Crippen molar-refractivity contribution in [1.82, 2.24) is 24.9 Å². The Balaban J connectivity index is 1.84. The van der Waals surface area contributed by atoms with Gasteiger partial charge in [0.1, 0.15) is 5.69 Å². The van der Waals surface area contributed by atoms with Crippen LogP contribution >= 0.6 is 11.8 Å². The summed E-state index contributed by atoms with van der Waals surface area (Å²) in [6.45, 7) is 3.74. The number of hydrogen-bond donors (Lipinski definition) is 2. The zero-order valence-electron chi connectivity index (χ0n) is 14.1. The van der Waals surface area contributed by atoms with Crippen LogP contribution < -0.4 is 10.9 Å². The Morgan fingerprint density at radius 1 is 1.12 bits per heavy atom. The quantitative estimate of drug-likeness (QED) is 0.541. The first kappa shape index (κ1) is 17.0. The molecule has 7 nitrogen and oxygen atoms in total. The van der Waals surface area contributed by atoms with Gasteiger partial charge in [-0.25, -0.2) is 15.0 Å². The van der Waals surface area contributed by atoms with E-state index in [-0.39, 0.29) is 5.91 Å². The Labute approximate surface area is 149 Å². The van der Waals surface area contributed by atoms with Crippen LogP contribution in [0.25, 0.3) is 5.69 Å². The van der Waals surface area contributed by atoms with Gasteiger partial charge in [-0.2, -0.15) is 0 Å². The van der Waals surface area contributed by atoms with E-state index in [1.54, 1.807) is 6.20 Å². The van der Waals surface area contributed by atoms with Crippen LogP contribution in [0.3, 0.4) is 0 Å². The van der Waals surface area contributed by atoms with Crippen LogP contribution in [0.5, 0.6) is 0 Å². The molecule has 2 N–H and O–H groups in total. The van der Waals surface area contributed by atoms with Crippen molar-refractivity contribution in [3.8, 4) is 5.69 Å². The number of hydrogen-bond acceptors (Lipinski definition) is 6. The fourth-order valence-electron chi connectivity index (χ4n) is 2.42. The van der Waals surface area contributed by atoms with Crippen LogP contribution in [0, 0.1) is 13.8 Å². The minimum atomic E-state index is -0.320. The topological polar surface area (TPSA) is 84.7 Å². The molecule has 0 bridgehead atoms. The van der Waals surface area contributed by atoms with Gasteiger partial charge in [-0.05, 0) is 38.3 Å². The van der Waals surface area contributed by atoms with Crippen molar-refractivity contribution in [2.45, 2.75) is 19.0 Å². The molecule has 0 saturated heterocycles. The summed E-state index contributed by atoms with van der Waals surface area (Å²) in [6, 6.07) is 11.5. The SMILES string of the molecule is CSc1ncc(C(=O)NNc2nc(C)cc(C)n2)n1-c1ccccc1. The molecule has 2 heterocycles. The van der Waals surface area contributed by atoms with Crippen LogP contribution in [0.1, 0.15) is 21.9 Å². The summed E-state index contributed by atoms with van der Waals surface area (Å²) in [5.74, 6) is 0.0288. The van der Waals surface area contributed by atoms with E-state index in [1.165, 1.54) is 11.8 Å². The maximum Gasteiger partial charge on any atom is 0.288 e.